The van der Waals surface area contributed by atoms with E-state index in [-0.39, 0.29) is 5.57 Å². The first-order valence-corrected chi connectivity index (χ1v) is 12.2. The van der Waals surface area contributed by atoms with Crippen LogP contribution in [0.3, 0.4) is 0 Å². The average molecular weight is 476 g/mol. The Bertz CT molecular complexity index is 1500. The molecule has 0 saturated carbocycles. The molecule has 0 unspecified atom stereocenters. The number of nitriles is 2. The molecule has 0 radical (unpaired) electrons. The van der Waals surface area contributed by atoms with Crippen LogP contribution in [0.15, 0.2) is 72.4 Å². The SMILES string of the molecule is N#C/C(=C/c1cn(-c2ccccc2)nc1-c1ccccc1)C(=O)Nc1sc2c(c1C#N)CCCC2. The second-order valence-corrected chi connectivity index (χ2v) is 9.34. The van der Waals surface area contributed by atoms with E-state index in [9.17, 15) is 15.3 Å². The van der Waals surface area contributed by atoms with Crippen LogP contribution < -0.4 is 5.32 Å². The number of benzene rings is 2. The number of fused-ring (bicyclic) bond motifs is 1. The lowest BCUT2D eigenvalue weighted by Gasteiger charge is -2.09. The number of nitrogens with zero attached hydrogens (tertiary/aromatic N) is 4. The summed E-state index contributed by atoms with van der Waals surface area (Å²) in [5, 5.41) is 27.6. The monoisotopic (exact) mass is 475 g/mol. The summed E-state index contributed by atoms with van der Waals surface area (Å²) < 4.78 is 1.74. The third kappa shape index (κ3) is 4.50. The second-order valence-electron chi connectivity index (χ2n) is 8.23. The van der Waals surface area contributed by atoms with Gasteiger partial charge >= 0.3 is 0 Å². The van der Waals surface area contributed by atoms with Crippen LogP contribution in [0, 0.1) is 22.7 Å². The van der Waals surface area contributed by atoms with Crippen molar-refractivity contribution in [3.05, 3.63) is 94.0 Å². The number of carbonyl (C=O) groups excluding carboxylic acids is 1. The van der Waals surface area contributed by atoms with E-state index in [2.05, 4.69) is 11.4 Å². The molecule has 4 aromatic rings. The molecular formula is C28H21N5OS. The Morgan fingerprint density at radius 3 is 2.46 bits per heavy atom. The number of para-hydroxylation sites is 1. The molecule has 1 aliphatic rings. The normalized spacial score (nSPS) is 12.9. The highest BCUT2D eigenvalue weighted by atomic mass is 32.1. The van der Waals surface area contributed by atoms with Crippen molar-refractivity contribution in [3.63, 3.8) is 0 Å². The summed E-state index contributed by atoms with van der Waals surface area (Å²) >= 11 is 1.44. The molecular weight excluding hydrogens is 454 g/mol. The summed E-state index contributed by atoms with van der Waals surface area (Å²) in [5.74, 6) is -0.533. The van der Waals surface area contributed by atoms with E-state index in [4.69, 9.17) is 5.10 Å². The number of aryl methyl sites for hydroxylation is 1. The molecule has 7 heteroatoms. The van der Waals surface area contributed by atoms with Crippen LogP contribution in [0.25, 0.3) is 23.0 Å². The molecule has 6 nitrogen and oxygen atoms in total. The Labute approximate surface area is 207 Å². The molecule has 5 rings (SSSR count). The van der Waals surface area contributed by atoms with Gasteiger partial charge in [0.15, 0.2) is 0 Å². The van der Waals surface area contributed by atoms with Gasteiger partial charge in [0.1, 0.15) is 22.7 Å². The molecule has 0 spiro atoms. The highest BCUT2D eigenvalue weighted by Gasteiger charge is 2.23. The lowest BCUT2D eigenvalue weighted by molar-refractivity contribution is -0.112. The summed E-state index contributed by atoms with van der Waals surface area (Å²) in [6.45, 7) is 0. The maximum absolute atomic E-state index is 13.1. The highest BCUT2D eigenvalue weighted by molar-refractivity contribution is 7.16. The van der Waals surface area contributed by atoms with Gasteiger partial charge in [-0.15, -0.1) is 11.3 Å². The van der Waals surface area contributed by atoms with E-state index < -0.39 is 5.91 Å². The number of carbonyl (C=O) groups is 1. The molecule has 35 heavy (non-hydrogen) atoms. The van der Waals surface area contributed by atoms with Gasteiger partial charge < -0.3 is 5.32 Å². The topological polar surface area (TPSA) is 94.5 Å². The van der Waals surface area contributed by atoms with Crippen molar-refractivity contribution in [3.8, 4) is 29.1 Å². The number of hydrogen-bond donors (Lipinski definition) is 1. The highest BCUT2D eigenvalue weighted by Crippen LogP contribution is 2.38. The molecule has 1 amide bonds. The van der Waals surface area contributed by atoms with E-state index >= 15 is 0 Å². The van der Waals surface area contributed by atoms with Crippen LogP contribution in [0.2, 0.25) is 0 Å². The van der Waals surface area contributed by atoms with Crippen molar-refractivity contribution in [1.29, 1.82) is 10.5 Å². The molecule has 0 fully saturated rings. The summed E-state index contributed by atoms with van der Waals surface area (Å²) in [5.41, 5.74) is 4.58. The van der Waals surface area contributed by atoms with Crippen LogP contribution in [-0.4, -0.2) is 15.7 Å². The van der Waals surface area contributed by atoms with E-state index in [1.54, 1.807) is 10.8 Å². The Morgan fingerprint density at radius 1 is 1.03 bits per heavy atom. The Morgan fingerprint density at radius 2 is 1.74 bits per heavy atom. The first-order valence-electron chi connectivity index (χ1n) is 11.4. The molecule has 0 saturated heterocycles. The molecule has 2 aromatic heterocycles. The van der Waals surface area contributed by atoms with Gasteiger partial charge in [0.2, 0.25) is 0 Å². The molecule has 1 N–H and O–H groups in total. The minimum atomic E-state index is -0.533. The van der Waals surface area contributed by atoms with Gasteiger partial charge in [0.25, 0.3) is 5.91 Å². The maximum Gasteiger partial charge on any atom is 0.266 e. The van der Waals surface area contributed by atoms with Crippen molar-refractivity contribution >= 4 is 28.3 Å². The van der Waals surface area contributed by atoms with Crippen molar-refractivity contribution in [2.24, 2.45) is 0 Å². The van der Waals surface area contributed by atoms with Crippen LogP contribution in [0.4, 0.5) is 5.00 Å². The summed E-state index contributed by atoms with van der Waals surface area (Å²) in [4.78, 5) is 14.3. The number of anilines is 1. The number of nitrogens with one attached hydrogen (secondary N) is 1. The fourth-order valence-electron chi connectivity index (χ4n) is 4.27. The molecule has 1 aliphatic carbocycles. The fraction of sp³-hybridized carbons (Fsp3) is 0.143. The summed E-state index contributed by atoms with van der Waals surface area (Å²) in [6.07, 6.45) is 7.28. The lowest BCUT2D eigenvalue weighted by Crippen LogP contribution is -2.13. The third-order valence-electron chi connectivity index (χ3n) is 5.99. The Balaban J connectivity index is 1.52. The third-order valence-corrected chi connectivity index (χ3v) is 7.19. The van der Waals surface area contributed by atoms with E-state index in [1.165, 1.54) is 11.3 Å². The van der Waals surface area contributed by atoms with E-state index in [0.29, 0.717) is 21.8 Å². The van der Waals surface area contributed by atoms with Gasteiger partial charge in [-0.1, -0.05) is 48.5 Å². The van der Waals surface area contributed by atoms with Gasteiger partial charge in [0, 0.05) is 22.2 Å². The van der Waals surface area contributed by atoms with Crippen LogP contribution in [0.1, 0.15) is 34.4 Å². The van der Waals surface area contributed by atoms with Crippen molar-refractivity contribution in [1.82, 2.24) is 9.78 Å². The summed E-state index contributed by atoms with van der Waals surface area (Å²) in [7, 11) is 0. The Hall–Kier alpha value is -4.46. The van der Waals surface area contributed by atoms with Gasteiger partial charge in [0.05, 0.1) is 16.9 Å². The van der Waals surface area contributed by atoms with Gasteiger partial charge in [-0.05, 0) is 49.5 Å². The number of hydrogen-bond acceptors (Lipinski definition) is 5. The minimum Gasteiger partial charge on any atom is -0.312 e. The number of thiophene rings is 1. The quantitative estimate of drug-likeness (QED) is 0.287. The fourth-order valence-corrected chi connectivity index (χ4v) is 5.51. The average Bonchev–Trinajstić information content (AvgIpc) is 3.49. The van der Waals surface area contributed by atoms with Crippen molar-refractivity contribution < 1.29 is 4.79 Å². The first-order chi connectivity index (χ1) is 17.2. The van der Waals surface area contributed by atoms with Crippen molar-refractivity contribution in [2.75, 3.05) is 5.32 Å². The largest absolute Gasteiger partial charge is 0.312 e. The molecule has 170 valence electrons. The van der Waals surface area contributed by atoms with Crippen LogP contribution >= 0.6 is 11.3 Å². The second kappa shape index (κ2) is 9.80. The number of aromatic nitrogens is 2. The molecule has 2 heterocycles. The number of rotatable bonds is 5. The van der Waals surface area contributed by atoms with Gasteiger partial charge in [-0.25, -0.2) is 4.68 Å². The minimum absolute atomic E-state index is 0.0509. The first kappa shape index (κ1) is 22.3. The zero-order chi connectivity index (χ0) is 24.2. The van der Waals surface area contributed by atoms with Gasteiger partial charge in [-0.3, -0.25) is 4.79 Å². The van der Waals surface area contributed by atoms with Gasteiger partial charge in [-0.2, -0.15) is 15.6 Å². The molecule has 0 atom stereocenters. The standard InChI is InChI=1S/C28H21N5OS/c29-16-20(27(34)31-28-24(17-30)23-13-7-8-14-25(23)35-28)15-21-18-33(22-11-5-2-6-12-22)32-26(21)19-9-3-1-4-10-19/h1-6,9-12,15,18H,7-8,13-14H2,(H,31,34)/b20-15-. The number of amides is 1. The molecule has 0 bridgehead atoms. The van der Waals surface area contributed by atoms with Crippen LogP contribution in [0.5, 0.6) is 0 Å². The predicted octanol–water partition coefficient (Wildman–Crippen LogP) is 5.90. The molecule has 0 aliphatic heterocycles. The smallest absolute Gasteiger partial charge is 0.266 e. The van der Waals surface area contributed by atoms with E-state index in [1.807, 2.05) is 72.9 Å². The molecule has 2 aromatic carbocycles. The summed E-state index contributed by atoms with van der Waals surface area (Å²) in [6, 6.07) is 23.6. The Kier molecular flexibility index (Phi) is 6.26. The predicted molar refractivity (Wildman–Crippen MR) is 137 cm³/mol. The van der Waals surface area contributed by atoms with Crippen molar-refractivity contribution in [2.45, 2.75) is 25.7 Å². The maximum atomic E-state index is 13.1. The lowest BCUT2D eigenvalue weighted by atomic mass is 9.96. The van der Waals surface area contributed by atoms with E-state index in [0.717, 1.165) is 47.4 Å². The van der Waals surface area contributed by atoms with Crippen LogP contribution in [-0.2, 0) is 17.6 Å². The zero-order valence-electron chi connectivity index (χ0n) is 18.9. The zero-order valence-corrected chi connectivity index (χ0v) is 19.7.